The van der Waals surface area contributed by atoms with E-state index >= 15 is 0 Å². The summed E-state index contributed by atoms with van der Waals surface area (Å²) in [6, 6.07) is 5.84. The minimum atomic E-state index is -0.831. The van der Waals surface area contributed by atoms with Crippen LogP contribution in [0, 0.1) is 13.8 Å². The van der Waals surface area contributed by atoms with Crippen LogP contribution < -0.4 is 0 Å². The summed E-state index contributed by atoms with van der Waals surface area (Å²) in [6.07, 6.45) is 2.39. The van der Waals surface area contributed by atoms with E-state index in [9.17, 15) is 9.90 Å². The van der Waals surface area contributed by atoms with E-state index in [-0.39, 0.29) is 11.7 Å². The number of carbonyl (C=O) groups excluding carboxylic acids is 1. The molecule has 134 valence electrons. The molecule has 1 aliphatic carbocycles. The van der Waals surface area contributed by atoms with Gasteiger partial charge < -0.3 is 9.94 Å². The van der Waals surface area contributed by atoms with Crippen LogP contribution in [0.15, 0.2) is 29.1 Å². The Bertz CT molecular complexity index is 736. The van der Waals surface area contributed by atoms with Crippen molar-refractivity contribution < 1.29 is 19.6 Å². The van der Waals surface area contributed by atoms with Gasteiger partial charge in [-0.2, -0.15) is 0 Å². The van der Waals surface area contributed by atoms with Crippen LogP contribution in [0.4, 0.5) is 0 Å². The first-order valence-electron chi connectivity index (χ1n) is 8.44. The van der Waals surface area contributed by atoms with Crippen molar-refractivity contribution in [3.8, 4) is 0 Å². The van der Waals surface area contributed by atoms with E-state index in [1.807, 2.05) is 32.0 Å². The quantitative estimate of drug-likeness (QED) is 0.854. The van der Waals surface area contributed by atoms with Gasteiger partial charge in [0.15, 0.2) is 0 Å². The summed E-state index contributed by atoms with van der Waals surface area (Å²) in [5.74, 6) is -0.183. The van der Waals surface area contributed by atoms with Gasteiger partial charge in [-0.05, 0) is 56.2 Å². The summed E-state index contributed by atoms with van der Waals surface area (Å²) in [7, 11) is 2.99. The average molecular weight is 344 g/mol. The van der Waals surface area contributed by atoms with Crippen molar-refractivity contribution in [1.29, 1.82) is 0 Å². The van der Waals surface area contributed by atoms with Crippen molar-refractivity contribution in [2.24, 2.45) is 5.16 Å². The number of hydrogen-bond acceptors (Lipinski definition) is 5. The van der Waals surface area contributed by atoms with Crippen molar-refractivity contribution >= 4 is 17.2 Å². The Balaban J connectivity index is 2.09. The third-order valence-electron chi connectivity index (χ3n) is 5.25. The van der Waals surface area contributed by atoms with Crippen LogP contribution in [0.2, 0.25) is 0 Å². The molecule has 2 aliphatic rings. The van der Waals surface area contributed by atoms with Gasteiger partial charge in [0, 0.05) is 0 Å². The molecule has 1 saturated carbocycles. The molecular formula is C19H24N2O4. The molecule has 3 rings (SSSR count). The van der Waals surface area contributed by atoms with Gasteiger partial charge in [0.05, 0.1) is 18.4 Å². The van der Waals surface area contributed by atoms with Crippen molar-refractivity contribution in [2.45, 2.75) is 45.1 Å². The highest BCUT2D eigenvalue weighted by molar-refractivity contribution is 6.23. The summed E-state index contributed by atoms with van der Waals surface area (Å²) in [5.41, 5.74) is 3.17. The van der Waals surface area contributed by atoms with E-state index in [4.69, 9.17) is 9.68 Å². The maximum atomic E-state index is 13.1. The monoisotopic (exact) mass is 344 g/mol. The number of nitrogens with zero attached hydrogens (tertiary/aromatic N) is 2. The topological polar surface area (TPSA) is 71.4 Å². The Labute approximate surface area is 147 Å². The van der Waals surface area contributed by atoms with Crippen molar-refractivity contribution in [2.75, 3.05) is 14.2 Å². The van der Waals surface area contributed by atoms with Crippen LogP contribution in [-0.2, 0) is 14.5 Å². The van der Waals surface area contributed by atoms with E-state index in [1.54, 1.807) is 0 Å². The number of oxime groups is 1. The fourth-order valence-corrected chi connectivity index (χ4v) is 4.03. The van der Waals surface area contributed by atoms with E-state index < -0.39 is 5.54 Å². The second-order valence-electron chi connectivity index (χ2n) is 6.64. The summed E-state index contributed by atoms with van der Waals surface area (Å²) in [5, 5.41) is 16.5. The maximum absolute atomic E-state index is 13.1. The predicted molar refractivity (Wildman–Crippen MR) is 95.0 cm³/mol. The zero-order valence-corrected chi connectivity index (χ0v) is 15.1. The van der Waals surface area contributed by atoms with Gasteiger partial charge in [-0.3, -0.25) is 9.63 Å². The highest BCUT2D eigenvalue weighted by Crippen LogP contribution is 2.47. The Morgan fingerprint density at radius 2 is 1.76 bits per heavy atom. The molecule has 1 fully saturated rings. The number of aryl methyl sites for hydroxylation is 2. The number of rotatable bonds is 3. The van der Waals surface area contributed by atoms with Gasteiger partial charge >= 0.3 is 0 Å². The van der Waals surface area contributed by atoms with Crippen LogP contribution in [0.1, 0.15) is 42.4 Å². The largest absolute Gasteiger partial charge is 0.509 e. The Hall–Kier alpha value is -2.34. The highest BCUT2D eigenvalue weighted by Gasteiger charge is 2.54. The molecular weight excluding hydrogens is 320 g/mol. The van der Waals surface area contributed by atoms with E-state index in [2.05, 4.69) is 5.16 Å². The second kappa shape index (κ2) is 6.52. The fraction of sp³-hybridized carbons (Fsp3) is 0.474. The predicted octanol–water partition coefficient (Wildman–Crippen LogP) is 3.29. The molecule has 0 saturated heterocycles. The molecule has 0 unspecified atom stereocenters. The van der Waals surface area contributed by atoms with Gasteiger partial charge in [-0.15, -0.1) is 0 Å². The first kappa shape index (κ1) is 17.5. The van der Waals surface area contributed by atoms with Crippen molar-refractivity contribution in [3.63, 3.8) is 0 Å². The van der Waals surface area contributed by atoms with Crippen LogP contribution >= 0.6 is 0 Å². The van der Waals surface area contributed by atoms with Crippen LogP contribution in [0.5, 0.6) is 0 Å². The molecule has 1 spiro atoms. The minimum absolute atomic E-state index is 0.105. The van der Waals surface area contributed by atoms with E-state index in [0.29, 0.717) is 31.3 Å². The number of carbonyl (C=O) groups is 1. The smallest absolute Gasteiger partial charge is 0.282 e. The molecule has 1 aromatic carbocycles. The molecule has 25 heavy (non-hydrogen) atoms. The van der Waals surface area contributed by atoms with Gasteiger partial charge in [-0.25, -0.2) is 5.06 Å². The molecule has 1 aromatic rings. The minimum Gasteiger partial charge on any atom is -0.509 e. The van der Waals surface area contributed by atoms with Gasteiger partial charge in [0.25, 0.3) is 5.91 Å². The lowest BCUT2D eigenvalue weighted by molar-refractivity contribution is -0.198. The SMILES string of the molecule is CON=C1CCC2(CC1)C(O)=C(c1c(C)cccc1C)C(=O)N2OC. The van der Waals surface area contributed by atoms with Gasteiger partial charge in [0.2, 0.25) is 0 Å². The van der Waals surface area contributed by atoms with Crippen LogP contribution in [-0.4, -0.2) is 41.5 Å². The normalized spacial score (nSPS) is 23.6. The molecule has 1 heterocycles. The number of hydrogen-bond donors (Lipinski definition) is 1. The number of amides is 1. The van der Waals surface area contributed by atoms with Gasteiger partial charge in [-0.1, -0.05) is 23.4 Å². The van der Waals surface area contributed by atoms with E-state index in [1.165, 1.54) is 19.3 Å². The molecule has 1 aliphatic heterocycles. The average Bonchev–Trinajstić information content (AvgIpc) is 2.78. The number of benzene rings is 1. The summed E-state index contributed by atoms with van der Waals surface area (Å²) in [4.78, 5) is 23.3. The molecule has 1 amide bonds. The summed E-state index contributed by atoms with van der Waals surface area (Å²) in [6.45, 7) is 3.89. The van der Waals surface area contributed by atoms with Crippen molar-refractivity contribution in [3.05, 3.63) is 40.6 Å². The maximum Gasteiger partial charge on any atom is 0.282 e. The highest BCUT2D eigenvalue weighted by atomic mass is 16.7. The Kier molecular flexibility index (Phi) is 4.56. The lowest BCUT2D eigenvalue weighted by Gasteiger charge is -2.39. The second-order valence-corrected chi connectivity index (χ2v) is 6.64. The molecule has 1 N–H and O–H groups in total. The van der Waals surface area contributed by atoms with Crippen LogP contribution in [0.3, 0.4) is 0 Å². The number of hydroxylamine groups is 2. The lowest BCUT2D eigenvalue weighted by Crippen LogP contribution is -2.50. The molecule has 6 nitrogen and oxygen atoms in total. The zero-order chi connectivity index (χ0) is 18.2. The molecule has 0 atom stereocenters. The molecule has 6 heteroatoms. The molecule has 0 aromatic heterocycles. The van der Waals surface area contributed by atoms with Crippen LogP contribution in [0.25, 0.3) is 5.57 Å². The number of aliphatic hydroxyl groups excluding tert-OH is 1. The lowest BCUT2D eigenvalue weighted by atomic mass is 9.79. The molecule has 0 bridgehead atoms. The standard InChI is InChI=1S/C19H24N2O4/c1-12-6-5-7-13(2)15(12)16-17(22)19(21(25-4)18(16)23)10-8-14(9-11-19)20-24-3/h5-7,22H,8-11H2,1-4H3. The third-order valence-corrected chi connectivity index (χ3v) is 5.25. The molecule has 0 radical (unpaired) electrons. The first-order chi connectivity index (χ1) is 12.0. The third kappa shape index (κ3) is 2.61. The fourth-order valence-electron chi connectivity index (χ4n) is 4.03. The Morgan fingerprint density at radius 1 is 1.16 bits per heavy atom. The first-order valence-corrected chi connectivity index (χ1v) is 8.44. The van der Waals surface area contributed by atoms with Crippen molar-refractivity contribution in [1.82, 2.24) is 5.06 Å². The summed E-state index contributed by atoms with van der Waals surface area (Å²) < 4.78 is 0. The van der Waals surface area contributed by atoms with Gasteiger partial charge in [0.1, 0.15) is 18.4 Å². The number of aliphatic hydroxyl groups is 1. The summed E-state index contributed by atoms with van der Waals surface area (Å²) >= 11 is 0. The Morgan fingerprint density at radius 3 is 2.28 bits per heavy atom. The zero-order valence-electron chi connectivity index (χ0n) is 15.1. The van der Waals surface area contributed by atoms with E-state index in [0.717, 1.165) is 22.4 Å².